The minimum Gasteiger partial charge on any atom is -0.490 e. The molecule has 96 valence electrons. The van der Waals surface area contributed by atoms with Gasteiger partial charge in [-0.3, -0.25) is 0 Å². The monoisotopic (exact) mass is 267 g/mol. The first-order valence-corrected chi connectivity index (χ1v) is 6.25. The fraction of sp³-hybridized carbons (Fsp3) is 0.250. The van der Waals surface area contributed by atoms with Gasteiger partial charge in [-0.25, -0.2) is 4.39 Å². The molecule has 0 atom stereocenters. The number of nitrogen functional groups attached to an aromatic ring is 1. The molecule has 6 heteroatoms. The van der Waals surface area contributed by atoms with Gasteiger partial charge in [0.1, 0.15) is 5.82 Å². The fourth-order valence-electron chi connectivity index (χ4n) is 1.62. The Labute approximate surface area is 109 Å². The number of nitrogens with zero attached hydrogens (tertiary/aromatic N) is 1. The number of nitrogens with two attached hydrogens (primary N) is 1. The quantitative estimate of drug-likeness (QED) is 0.874. The Morgan fingerprint density at radius 3 is 3.06 bits per heavy atom. The van der Waals surface area contributed by atoms with Gasteiger partial charge >= 0.3 is 0 Å². The molecule has 0 radical (unpaired) electrons. The highest BCUT2D eigenvalue weighted by atomic mass is 32.1. The van der Waals surface area contributed by atoms with Gasteiger partial charge < -0.3 is 15.8 Å². The minimum absolute atomic E-state index is 0.216. The fourth-order valence-corrected chi connectivity index (χ4v) is 2.33. The molecule has 2 rings (SSSR count). The standard InChI is InChI=1S/C12H14FN3OS/c1-17-10-11(14)16-18-12(10)15-6-5-8-3-2-4-9(13)7-8/h2-4,7,15H,5-6H2,1H3,(H2,14,16). The average molecular weight is 267 g/mol. The summed E-state index contributed by atoms with van der Waals surface area (Å²) in [4.78, 5) is 0. The number of halogens is 1. The molecule has 0 fully saturated rings. The summed E-state index contributed by atoms with van der Waals surface area (Å²) in [5.41, 5.74) is 6.58. The highest BCUT2D eigenvalue weighted by Gasteiger charge is 2.10. The second-order valence-electron chi connectivity index (χ2n) is 3.74. The molecule has 0 aliphatic carbocycles. The lowest BCUT2D eigenvalue weighted by Crippen LogP contribution is -2.05. The molecule has 0 unspecified atom stereocenters. The molecule has 0 amide bonds. The molecule has 3 N–H and O–H groups in total. The van der Waals surface area contributed by atoms with Crippen LogP contribution in [0, 0.1) is 5.82 Å². The lowest BCUT2D eigenvalue weighted by Gasteiger charge is -2.06. The summed E-state index contributed by atoms with van der Waals surface area (Å²) in [5.74, 6) is 0.738. The SMILES string of the molecule is COc1c(N)nsc1NCCc1cccc(F)c1. The van der Waals surface area contributed by atoms with E-state index in [9.17, 15) is 4.39 Å². The zero-order valence-corrected chi connectivity index (χ0v) is 10.8. The lowest BCUT2D eigenvalue weighted by molar-refractivity contribution is 0.419. The van der Waals surface area contributed by atoms with Gasteiger partial charge in [-0.15, -0.1) is 0 Å². The van der Waals surface area contributed by atoms with Crippen molar-refractivity contribution in [2.24, 2.45) is 0 Å². The second-order valence-corrected chi connectivity index (χ2v) is 4.51. The van der Waals surface area contributed by atoms with Crippen LogP contribution in [-0.2, 0) is 6.42 Å². The van der Waals surface area contributed by atoms with E-state index in [1.165, 1.54) is 23.7 Å². The number of anilines is 2. The highest BCUT2D eigenvalue weighted by molar-refractivity contribution is 7.11. The zero-order valence-electron chi connectivity index (χ0n) is 9.94. The molecule has 0 aliphatic heterocycles. The predicted octanol–water partition coefficient (Wildman–Crippen LogP) is 2.53. The van der Waals surface area contributed by atoms with E-state index in [2.05, 4.69) is 9.69 Å². The normalized spacial score (nSPS) is 10.3. The maximum absolute atomic E-state index is 13.0. The molecule has 0 bridgehead atoms. The van der Waals surface area contributed by atoms with Gasteiger partial charge in [-0.2, -0.15) is 4.37 Å². The summed E-state index contributed by atoms with van der Waals surface area (Å²) in [6, 6.07) is 6.56. The molecular formula is C12H14FN3OS. The van der Waals surface area contributed by atoms with Gasteiger partial charge in [0.15, 0.2) is 16.6 Å². The van der Waals surface area contributed by atoms with E-state index < -0.39 is 0 Å². The van der Waals surface area contributed by atoms with E-state index in [1.807, 2.05) is 6.07 Å². The van der Waals surface area contributed by atoms with Crippen LogP contribution in [0.2, 0.25) is 0 Å². The zero-order chi connectivity index (χ0) is 13.0. The number of hydrogen-bond donors (Lipinski definition) is 2. The summed E-state index contributed by atoms with van der Waals surface area (Å²) in [6.45, 7) is 0.668. The predicted molar refractivity (Wildman–Crippen MR) is 71.7 cm³/mol. The van der Waals surface area contributed by atoms with Crippen LogP contribution in [0.1, 0.15) is 5.56 Å². The first-order chi connectivity index (χ1) is 8.70. The minimum atomic E-state index is -0.216. The number of aromatic nitrogens is 1. The smallest absolute Gasteiger partial charge is 0.197 e. The van der Waals surface area contributed by atoms with Crippen molar-refractivity contribution in [3.8, 4) is 5.75 Å². The van der Waals surface area contributed by atoms with Gasteiger partial charge in [-0.1, -0.05) is 12.1 Å². The number of hydrogen-bond acceptors (Lipinski definition) is 5. The van der Waals surface area contributed by atoms with Crippen molar-refractivity contribution in [2.75, 3.05) is 24.7 Å². The largest absolute Gasteiger partial charge is 0.490 e. The van der Waals surface area contributed by atoms with Crippen molar-refractivity contribution in [1.29, 1.82) is 0 Å². The number of rotatable bonds is 5. The van der Waals surface area contributed by atoms with Crippen LogP contribution in [0.25, 0.3) is 0 Å². The van der Waals surface area contributed by atoms with Crippen molar-refractivity contribution in [3.05, 3.63) is 35.6 Å². The summed E-state index contributed by atoms with van der Waals surface area (Å²) in [6.07, 6.45) is 0.721. The topological polar surface area (TPSA) is 60.2 Å². The van der Waals surface area contributed by atoms with E-state index in [0.29, 0.717) is 18.1 Å². The summed E-state index contributed by atoms with van der Waals surface area (Å²) in [5, 5.41) is 3.98. The molecule has 1 aromatic carbocycles. The Morgan fingerprint density at radius 1 is 1.50 bits per heavy atom. The van der Waals surface area contributed by atoms with E-state index in [-0.39, 0.29) is 5.82 Å². The third-order valence-corrected chi connectivity index (χ3v) is 3.27. The van der Waals surface area contributed by atoms with Crippen LogP contribution >= 0.6 is 11.5 Å². The second kappa shape index (κ2) is 5.68. The van der Waals surface area contributed by atoms with E-state index >= 15 is 0 Å². The Kier molecular flexibility index (Phi) is 3.99. The molecule has 0 spiro atoms. The van der Waals surface area contributed by atoms with Crippen LogP contribution in [0.5, 0.6) is 5.75 Å². The Bertz CT molecular complexity index is 530. The van der Waals surface area contributed by atoms with Gasteiger partial charge in [-0.05, 0) is 35.6 Å². The van der Waals surface area contributed by atoms with Crippen LogP contribution in [0.4, 0.5) is 15.2 Å². The highest BCUT2D eigenvalue weighted by Crippen LogP contribution is 2.34. The van der Waals surface area contributed by atoms with Crippen molar-refractivity contribution >= 4 is 22.4 Å². The maximum Gasteiger partial charge on any atom is 0.197 e. The van der Waals surface area contributed by atoms with Gasteiger partial charge in [0.25, 0.3) is 0 Å². The third-order valence-electron chi connectivity index (χ3n) is 2.47. The average Bonchev–Trinajstić information content (AvgIpc) is 2.70. The number of ether oxygens (including phenoxy) is 1. The Balaban J connectivity index is 1.92. The summed E-state index contributed by atoms with van der Waals surface area (Å²) < 4.78 is 22.1. The maximum atomic E-state index is 13.0. The van der Waals surface area contributed by atoms with Crippen molar-refractivity contribution < 1.29 is 9.13 Å². The van der Waals surface area contributed by atoms with Crippen LogP contribution < -0.4 is 15.8 Å². The van der Waals surface area contributed by atoms with Gasteiger partial charge in [0.2, 0.25) is 0 Å². The van der Waals surface area contributed by atoms with Gasteiger partial charge in [0.05, 0.1) is 7.11 Å². The molecule has 0 aliphatic rings. The molecule has 2 aromatic rings. The number of benzene rings is 1. The molecule has 18 heavy (non-hydrogen) atoms. The molecule has 0 saturated carbocycles. The van der Waals surface area contributed by atoms with Crippen LogP contribution in [0.3, 0.4) is 0 Å². The van der Waals surface area contributed by atoms with E-state index in [4.69, 9.17) is 10.5 Å². The van der Waals surface area contributed by atoms with Gasteiger partial charge in [0, 0.05) is 6.54 Å². The Hall–Kier alpha value is -1.82. The summed E-state index contributed by atoms with van der Waals surface area (Å²) in [7, 11) is 1.55. The van der Waals surface area contributed by atoms with Crippen molar-refractivity contribution in [2.45, 2.75) is 6.42 Å². The van der Waals surface area contributed by atoms with E-state index in [0.717, 1.165) is 17.0 Å². The van der Waals surface area contributed by atoms with Crippen molar-refractivity contribution in [3.63, 3.8) is 0 Å². The molecule has 0 saturated heterocycles. The Morgan fingerprint density at radius 2 is 2.33 bits per heavy atom. The molecule has 4 nitrogen and oxygen atoms in total. The first kappa shape index (κ1) is 12.6. The number of nitrogens with one attached hydrogen (secondary N) is 1. The lowest BCUT2D eigenvalue weighted by atomic mass is 10.1. The van der Waals surface area contributed by atoms with Crippen LogP contribution in [0.15, 0.2) is 24.3 Å². The number of methoxy groups -OCH3 is 1. The summed E-state index contributed by atoms with van der Waals surface area (Å²) >= 11 is 1.25. The third kappa shape index (κ3) is 2.89. The first-order valence-electron chi connectivity index (χ1n) is 5.48. The molecule has 1 aromatic heterocycles. The van der Waals surface area contributed by atoms with E-state index in [1.54, 1.807) is 13.2 Å². The molecular weight excluding hydrogens is 253 g/mol. The van der Waals surface area contributed by atoms with Crippen molar-refractivity contribution in [1.82, 2.24) is 4.37 Å². The molecule has 1 heterocycles. The van der Waals surface area contributed by atoms with Crippen LogP contribution in [-0.4, -0.2) is 18.0 Å².